The van der Waals surface area contributed by atoms with E-state index in [4.69, 9.17) is 18.0 Å². The molecule has 2 rings (SSSR count). The Hall–Kier alpha value is -0.880. The minimum Gasteiger partial charge on any atom is -0.389 e. The maximum absolute atomic E-state index is 13.8. The van der Waals surface area contributed by atoms with Crippen molar-refractivity contribution in [3.8, 4) is 0 Å². The van der Waals surface area contributed by atoms with Gasteiger partial charge in [0.2, 0.25) is 0 Å². The molecule has 1 atom stereocenters. The summed E-state index contributed by atoms with van der Waals surface area (Å²) in [5.74, 6) is -0.215. The summed E-state index contributed by atoms with van der Waals surface area (Å²) in [6.07, 6.45) is 2.20. The number of rotatable bonds is 4. The third-order valence-electron chi connectivity index (χ3n) is 3.27. The van der Waals surface area contributed by atoms with Crippen LogP contribution in [0.2, 0.25) is 0 Å². The first-order chi connectivity index (χ1) is 8.91. The Morgan fingerprint density at radius 1 is 1.47 bits per heavy atom. The molecule has 0 saturated carbocycles. The SMILES string of the molecule is CC1(CNc2c(F)cc(C(N)=S)cc2F)CCCS1. The largest absolute Gasteiger partial charge is 0.389 e. The van der Waals surface area contributed by atoms with E-state index in [1.54, 1.807) is 0 Å². The second-order valence-corrected chi connectivity index (χ2v) is 7.06. The zero-order chi connectivity index (χ0) is 14.0. The van der Waals surface area contributed by atoms with E-state index in [1.807, 2.05) is 11.8 Å². The molecule has 0 bridgehead atoms. The van der Waals surface area contributed by atoms with Crippen LogP contribution >= 0.6 is 24.0 Å². The van der Waals surface area contributed by atoms with Gasteiger partial charge in [-0.2, -0.15) is 11.8 Å². The molecule has 0 aliphatic carbocycles. The summed E-state index contributed by atoms with van der Waals surface area (Å²) < 4.78 is 27.7. The molecule has 104 valence electrons. The molecule has 0 spiro atoms. The van der Waals surface area contributed by atoms with Crippen molar-refractivity contribution in [2.75, 3.05) is 17.6 Å². The van der Waals surface area contributed by atoms with Gasteiger partial charge >= 0.3 is 0 Å². The van der Waals surface area contributed by atoms with Crippen molar-refractivity contribution in [2.45, 2.75) is 24.5 Å². The fourth-order valence-corrected chi connectivity index (χ4v) is 3.50. The monoisotopic (exact) mass is 302 g/mol. The van der Waals surface area contributed by atoms with E-state index < -0.39 is 11.6 Å². The highest BCUT2D eigenvalue weighted by Gasteiger charge is 2.29. The lowest BCUT2D eigenvalue weighted by atomic mass is 10.1. The fraction of sp³-hybridized carbons (Fsp3) is 0.462. The van der Waals surface area contributed by atoms with Crippen LogP contribution in [0.4, 0.5) is 14.5 Å². The first-order valence-corrected chi connectivity index (χ1v) is 7.47. The summed E-state index contributed by atoms with van der Waals surface area (Å²) in [7, 11) is 0. The first-order valence-electron chi connectivity index (χ1n) is 6.08. The standard InChI is InChI=1S/C13H16F2N2S2/c1-13(3-2-4-19-13)7-17-11-9(14)5-8(12(16)18)6-10(11)15/h5-6,17H,2-4,7H2,1H3,(H2,16,18). The predicted octanol–water partition coefficient (Wildman–Crippen LogP) is 3.30. The summed E-state index contributed by atoms with van der Waals surface area (Å²) in [6.45, 7) is 2.65. The van der Waals surface area contributed by atoms with E-state index >= 15 is 0 Å². The third kappa shape index (κ3) is 3.36. The molecule has 1 aliphatic heterocycles. The van der Waals surface area contributed by atoms with Crippen molar-refractivity contribution in [3.63, 3.8) is 0 Å². The van der Waals surface area contributed by atoms with Gasteiger partial charge < -0.3 is 11.1 Å². The Kier molecular flexibility index (Phi) is 4.30. The van der Waals surface area contributed by atoms with Crippen LogP contribution in [0, 0.1) is 11.6 Å². The van der Waals surface area contributed by atoms with E-state index in [9.17, 15) is 8.78 Å². The molecular weight excluding hydrogens is 286 g/mol. The highest BCUT2D eigenvalue weighted by molar-refractivity contribution is 8.00. The summed E-state index contributed by atoms with van der Waals surface area (Å²) in [6, 6.07) is 2.33. The number of thiocarbonyl (C=S) groups is 1. The van der Waals surface area contributed by atoms with Gasteiger partial charge in [0.15, 0.2) is 0 Å². The van der Waals surface area contributed by atoms with Crippen molar-refractivity contribution >= 4 is 34.7 Å². The van der Waals surface area contributed by atoms with Crippen LogP contribution in [0.25, 0.3) is 0 Å². The first kappa shape index (κ1) is 14.5. The molecule has 1 aromatic carbocycles. The topological polar surface area (TPSA) is 38.0 Å². The highest BCUT2D eigenvalue weighted by atomic mass is 32.2. The second-order valence-electron chi connectivity index (χ2n) is 4.93. The maximum atomic E-state index is 13.8. The molecule has 1 aliphatic rings. The smallest absolute Gasteiger partial charge is 0.150 e. The number of nitrogens with two attached hydrogens (primary N) is 1. The van der Waals surface area contributed by atoms with Crippen LogP contribution in [0.5, 0.6) is 0 Å². The molecule has 0 aromatic heterocycles. The van der Waals surface area contributed by atoms with Gasteiger partial charge in [-0.1, -0.05) is 12.2 Å². The molecule has 3 N–H and O–H groups in total. The number of thioether (sulfide) groups is 1. The number of benzene rings is 1. The maximum Gasteiger partial charge on any atom is 0.150 e. The van der Waals surface area contributed by atoms with Crippen molar-refractivity contribution in [1.29, 1.82) is 0 Å². The lowest BCUT2D eigenvalue weighted by Gasteiger charge is -2.24. The molecule has 1 aromatic rings. The van der Waals surface area contributed by atoms with Crippen LogP contribution in [-0.4, -0.2) is 22.0 Å². The predicted molar refractivity (Wildman–Crippen MR) is 80.8 cm³/mol. The quantitative estimate of drug-likeness (QED) is 0.837. The molecular formula is C13H16F2N2S2. The zero-order valence-corrected chi connectivity index (χ0v) is 12.3. The number of nitrogens with one attached hydrogen (secondary N) is 1. The summed E-state index contributed by atoms with van der Waals surface area (Å²) in [4.78, 5) is -0.0114. The van der Waals surface area contributed by atoms with Gasteiger partial charge in [-0.15, -0.1) is 0 Å². The Balaban J connectivity index is 2.14. The average Bonchev–Trinajstić information content (AvgIpc) is 2.75. The van der Waals surface area contributed by atoms with E-state index in [0.29, 0.717) is 6.54 Å². The van der Waals surface area contributed by atoms with E-state index in [-0.39, 0.29) is 21.0 Å². The van der Waals surface area contributed by atoms with Gasteiger partial charge in [-0.25, -0.2) is 8.78 Å². The molecule has 6 heteroatoms. The van der Waals surface area contributed by atoms with Crippen molar-refractivity contribution < 1.29 is 8.78 Å². The van der Waals surface area contributed by atoms with Gasteiger partial charge in [0.05, 0.1) is 0 Å². The van der Waals surface area contributed by atoms with Crippen LogP contribution in [0.1, 0.15) is 25.3 Å². The summed E-state index contributed by atoms with van der Waals surface area (Å²) in [5, 5.41) is 2.87. The molecule has 1 unspecified atom stereocenters. The lowest BCUT2D eigenvalue weighted by Crippen LogP contribution is -2.27. The number of hydrogen-bond donors (Lipinski definition) is 2. The van der Waals surface area contributed by atoms with E-state index in [2.05, 4.69) is 12.2 Å². The van der Waals surface area contributed by atoms with Crippen LogP contribution in [0.15, 0.2) is 12.1 Å². The fourth-order valence-electron chi connectivity index (χ4n) is 2.14. The zero-order valence-electron chi connectivity index (χ0n) is 10.6. The molecule has 1 saturated heterocycles. The van der Waals surface area contributed by atoms with Gasteiger partial charge in [0, 0.05) is 16.9 Å². The highest BCUT2D eigenvalue weighted by Crippen LogP contribution is 2.38. The van der Waals surface area contributed by atoms with Gasteiger partial charge in [0.1, 0.15) is 22.3 Å². The minimum atomic E-state index is -0.658. The second kappa shape index (κ2) is 5.63. The lowest BCUT2D eigenvalue weighted by molar-refractivity contribution is 0.579. The Labute approximate surface area is 121 Å². The normalized spacial score (nSPS) is 22.5. The summed E-state index contributed by atoms with van der Waals surface area (Å²) >= 11 is 6.55. The van der Waals surface area contributed by atoms with Crippen LogP contribution in [0.3, 0.4) is 0 Å². The number of hydrogen-bond acceptors (Lipinski definition) is 3. The van der Waals surface area contributed by atoms with E-state index in [1.165, 1.54) is 0 Å². The Bertz CT molecular complexity index is 476. The number of anilines is 1. The van der Waals surface area contributed by atoms with Gasteiger partial charge in [0.25, 0.3) is 0 Å². The minimum absolute atomic E-state index is 0.0114. The Morgan fingerprint density at radius 3 is 2.58 bits per heavy atom. The number of halogens is 2. The summed E-state index contributed by atoms with van der Waals surface area (Å²) in [5.41, 5.74) is 5.47. The van der Waals surface area contributed by atoms with Crippen molar-refractivity contribution in [2.24, 2.45) is 5.73 Å². The molecule has 19 heavy (non-hydrogen) atoms. The molecule has 0 radical (unpaired) electrons. The van der Waals surface area contributed by atoms with Crippen LogP contribution < -0.4 is 11.1 Å². The van der Waals surface area contributed by atoms with Crippen molar-refractivity contribution in [1.82, 2.24) is 0 Å². The Morgan fingerprint density at radius 2 is 2.11 bits per heavy atom. The van der Waals surface area contributed by atoms with Crippen molar-refractivity contribution in [3.05, 3.63) is 29.3 Å². The molecule has 1 heterocycles. The van der Waals surface area contributed by atoms with Gasteiger partial charge in [-0.05, 0) is 37.7 Å². The van der Waals surface area contributed by atoms with Gasteiger partial charge in [-0.3, -0.25) is 0 Å². The molecule has 2 nitrogen and oxygen atoms in total. The third-order valence-corrected chi connectivity index (χ3v) is 5.04. The average molecular weight is 302 g/mol. The molecule has 0 amide bonds. The molecule has 1 fully saturated rings. The van der Waals surface area contributed by atoms with Crippen LogP contribution in [-0.2, 0) is 0 Å². The van der Waals surface area contributed by atoms with E-state index in [0.717, 1.165) is 30.7 Å².